The van der Waals surface area contributed by atoms with Crippen LogP contribution in [0, 0.1) is 0 Å². The molecular weight excluding hydrogens is 282 g/mol. The molecule has 0 aromatic rings. The standard InChI is InChI=1S/C16H25N3O3/c1-2-3-4-5-6-7-8-9-10-11-12-16(17-13-20,18-14-21)19-15-22/h2-12H2,1H3. The van der Waals surface area contributed by atoms with Crippen LogP contribution in [0.25, 0.3) is 0 Å². The molecule has 0 unspecified atom stereocenters. The average molecular weight is 307 g/mol. The van der Waals surface area contributed by atoms with Crippen LogP contribution in [0.2, 0.25) is 0 Å². The molecule has 0 aliphatic heterocycles. The lowest BCUT2D eigenvalue weighted by Gasteiger charge is -2.14. The van der Waals surface area contributed by atoms with Gasteiger partial charge in [0.05, 0.1) is 0 Å². The quantitative estimate of drug-likeness (QED) is 0.276. The molecule has 0 rings (SSSR count). The van der Waals surface area contributed by atoms with Crippen molar-refractivity contribution in [3.63, 3.8) is 0 Å². The van der Waals surface area contributed by atoms with E-state index in [1.165, 1.54) is 56.8 Å². The summed E-state index contributed by atoms with van der Waals surface area (Å²) < 4.78 is 0. The van der Waals surface area contributed by atoms with Crippen molar-refractivity contribution in [2.24, 2.45) is 15.0 Å². The van der Waals surface area contributed by atoms with Crippen molar-refractivity contribution >= 4 is 18.2 Å². The van der Waals surface area contributed by atoms with E-state index in [4.69, 9.17) is 0 Å². The lowest BCUT2D eigenvalue weighted by atomic mass is 10.0. The topological polar surface area (TPSA) is 88.3 Å². The number of rotatable bonds is 14. The van der Waals surface area contributed by atoms with Crippen LogP contribution >= 0.6 is 0 Å². The zero-order chi connectivity index (χ0) is 16.5. The summed E-state index contributed by atoms with van der Waals surface area (Å²) in [6, 6.07) is 0. The maximum absolute atomic E-state index is 10.4. The van der Waals surface area contributed by atoms with E-state index in [2.05, 4.69) is 21.9 Å². The number of hydrogen-bond donors (Lipinski definition) is 0. The molecule has 0 radical (unpaired) electrons. The summed E-state index contributed by atoms with van der Waals surface area (Å²) in [5, 5.41) is 0. The summed E-state index contributed by atoms with van der Waals surface area (Å²) >= 11 is 0. The first-order valence-electron chi connectivity index (χ1n) is 8.01. The van der Waals surface area contributed by atoms with Crippen molar-refractivity contribution in [2.45, 2.75) is 83.3 Å². The summed E-state index contributed by atoms with van der Waals surface area (Å²) in [7, 11) is 0. The van der Waals surface area contributed by atoms with Crippen LogP contribution in [0.1, 0.15) is 77.6 Å². The molecule has 0 atom stereocenters. The molecule has 0 bridgehead atoms. The maximum atomic E-state index is 10.4. The van der Waals surface area contributed by atoms with E-state index < -0.39 is 5.79 Å². The third-order valence-electron chi connectivity index (χ3n) is 3.54. The smallest absolute Gasteiger partial charge is 0.211 e. The van der Waals surface area contributed by atoms with Crippen LogP contribution in [0.15, 0.2) is 15.0 Å². The summed E-state index contributed by atoms with van der Waals surface area (Å²) in [5.74, 6) is -1.70. The highest BCUT2D eigenvalue weighted by atomic mass is 16.1. The molecule has 0 aliphatic carbocycles. The maximum Gasteiger partial charge on any atom is 0.277 e. The SMILES string of the molecule is CCCCCCCCCCCCC(N=C=O)(N=C=O)N=C=O. The number of unbranched alkanes of at least 4 members (excludes halogenated alkanes) is 9. The fourth-order valence-electron chi connectivity index (χ4n) is 2.31. The van der Waals surface area contributed by atoms with Gasteiger partial charge in [0, 0.05) is 6.42 Å². The van der Waals surface area contributed by atoms with E-state index in [1.807, 2.05) is 0 Å². The Morgan fingerprint density at radius 3 is 1.36 bits per heavy atom. The lowest BCUT2D eigenvalue weighted by Crippen LogP contribution is -2.20. The average Bonchev–Trinajstić information content (AvgIpc) is 2.50. The fraction of sp³-hybridized carbons (Fsp3) is 0.812. The summed E-state index contributed by atoms with van der Waals surface area (Å²) in [6.45, 7) is 2.21. The van der Waals surface area contributed by atoms with Crippen LogP contribution in [0.4, 0.5) is 0 Å². The van der Waals surface area contributed by atoms with Gasteiger partial charge in [0.2, 0.25) is 18.2 Å². The molecule has 22 heavy (non-hydrogen) atoms. The van der Waals surface area contributed by atoms with Gasteiger partial charge in [-0.3, -0.25) is 0 Å². The first kappa shape index (κ1) is 20.1. The molecular formula is C16H25N3O3. The Balaban J connectivity index is 3.93. The van der Waals surface area contributed by atoms with Gasteiger partial charge in [0.15, 0.2) is 0 Å². The molecule has 0 spiro atoms. The van der Waals surface area contributed by atoms with Gasteiger partial charge in [-0.15, -0.1) is 0 Å². The van der Waals surface area contributed by atoms with Crippen molar-refractivity contribution in [3.8, 4) is 0 Å². The Labute approximate surface area is 131 Å². The zero-order valence-corrected chi connectivity index (χ0v) is 13.3. The van der Waals surface area contributed by atoms with Crippen LogP contribution < -0.4 is 0 Å². The monoisotopic (exact) mass is 307 g/mol. The van der Waals surface area contributed by atoms with Gasteiger partial charge >= 0.3 is 0 Å². The minimum atomic E-state index is -1.70. The van der Waals surface area contributed by atoms with Crippen LogP contribution in [-0.2, 0) is 14.4 Å². The van der Waals surface area contributed by atoms with Crippen molar-refractivity contribution in [3.05, 3.63) is 0 Å². The predicted molar refractivity (Wildman–Crippen MR) is 83.6 cm³/mol. The highest BCUT2D eigenvalue weighted by Crippen LogP contribution is 2.22. The first-order chi connectivity index (χ1) is 10.7. The van der Waals surface area contributed by atoms with E-state index in [0.29, 0.717) is 6.42 Å². The summed E-state index contributed by atoms with van der Waals surface area (Å²) in [5.41, 5.74) is 0. The third-order valence-corrected chi connectivity index (χ3v) is 3.54. The summed E-state index contributed by atoms with van der Waals surface area (Å²) in [6.07, 6.45) is 15.6. The Morgan fingerprint density at radius 2 is 1.00 bits per heavy atom. The number of isocyanates is 3. The zero-order valence-electron chi connectivity index (χ0n) is 13.3. The van der Waals surface area contributed by atoms with Crippen LogP contribution in [0.3, 0.4) is 0 Å². The van der Waals surface area contributed by atoms with Gasteiger partial charge in [-0.05, 0) is 6.42 Å². The molecule has 6 nitrogen and oxygen atoms in total. The Bertz CT molecular complexity index is 386. The molecule has 0 saturated heterocycles. The Morgan fingerprint density at radius 1 is 0.636 bits per heavy atom. The van der Waals surface area contributed by atoms with E-state index in [9.17, 15) is 14.4 Å². The van der Waals surface area contributed by atoms with E-state index in [1.54, 1.807) is 0 Å². The highest BCUT2D eigenvalue weighted by molar-refractivity contribution is 5.42. The molecule has 0 aromatic carbocycles. The van der Waals surface area contributed by atoms with Crippen molar-refractivity contribution in [2.75, 3.05) is 0 Å². The largest absolute Gasteiger partial charge is 0.277 e. The van der Waals surface area contributed by atoms with E-state index in [0.717, 1.165) is 19.3 Å². The third kappa shape index (κ3) is 9.95. The molecule has 0 saturated carbocycles. The fourth-order valence-corrected chi connectivity index (χ4v) is 2.31. The van der Waals surface area contributed by atoms with Gasteiger partial charge in [0.25, 0.3) is 5.79 Å². The van der Waals surface area contributed by atoms with E-state index in [-0.39, 0.29) is 6.42 Å². The molecule has 6 heteroatoms. The summed E-state index contributed by atoms with van der Waals surface area (Å²) in [4.78, 5) is 41.2. The second-order valence-electron chi connectivity index (χ2n) is 5.32. The minimum absolute atomic E-state index is 0.212. The van der Waals surface area contributed by atoms with Crippen molar-refractivity contribution < 1.29 is 14.4 Å². The van der Waals surface area contributed by atoms with Crippen LogP contribution in [0.5, 0.6) is 0 Å². The second kappa shape index (κ2) is 14.1. The molecule has 122 valence electrons. The van der Waals surface area contributed by atoms with Crippen LogP contribution in [-0.4, -0.2) is 24.0 Å². The second-order valence-corrected chi connectivity index (χ2v) is 5.32. The molecule has 0 heterocycles. The predicted octanol–water partition coefficient (Wildman–Crippen LogP) is 3.96. The normalized spacial score (nSPS) is 12.4. The molecule has 0 N–H and O–H groups in total. The van der Waals surface area contributed by atoms with Crippen molar-refractivity contribution in [1.29, 1.82) is 0 Å². The number of aliphatic imine (C=N–C) groups is 3. The first-order valence-corrected chi connectivity index (χ1v) is 8.01. The number of hydrogen-bond acceptors (Lipinski definition) is 6. The molecule has 0 aromatic heterocycles. The van der Waals surface area contributed by atoms with Gasteiger partial charge in [0.1, 0.15) is 0 Å². The highest BCUT2D eigenvalue weighted by Gasteiger charge is 2.28. The number of nitrogens with zero attached hydrogens (tertiary/aromatic N) is 3. The Kier molecular flexibility index (Phi) is 12.9. The lowest BCUT2D eigenvalue weighted by molar-refractivity contribution is 0.398. The molecule has 0 aliphatic rings. The Hall–Kier alpha value is -1.86. The minimum Gasteiger partial charge on any atom is -0.211 e. The number of carbonyl (C=O) groups excluding carboxylic acids is 3. The van der Waals surface area contributed by atoms with Gasteiger partial charge < -0.3 is 0 Å². The molecule has 0 fully saturated rings. The van der Waals surface area contributed by atoms with Gasteiger partial charge in [-0.25, -0.2) is 14.4 Å². The van der Waals surface area contributed by atoms with Crippen molar-refractivity contribution in [1.82, 2.24) is 0 Å². The van der Waals surface area contributed by atoms with Gasteiger partial charge in [-0.2, -0.15) is 15.0 Å². The molecule has 0 amide bonds. The van der Waals surface area contributed by atoms with E-state index >= 15 is 0 Å². The van der Waals surface area contributed by atoms with Gasteiger partial charge in [-0.1, -0.05) is 64.7 Å².